The number of aromatic nitrogens is 2. The van der Waals surface area contributed by atoms with Gasteiger partial charge in [0.2, 0.25) is 0 Å². The van der Waals surface area contributed by atoms with Gasteiger partial charge in [0.05, 0.1) is 24.4 Å². The summed E-state index contributed by atoms with van der Waals surface area (Å²) in [6.07, 6.45) is 2.56. The number of aldehydes is 1. The molecule has 0 unspecified atom stereocenters. The number of ether oxygens (including phenoxy) is 1. The van der Waals surface area contributed by atoms with Crippen molar-refractivity contribution in [2.45, 2.75) is 20.1 Å². The summed E-state index contributed by atoms with van der Waals surface area (Å²) in [7, 11) is 1.59. The molecule has 18 heavy (non-hydrogen) atoms. The van der Waals surface area contributed by atoms with Crippen LogP contribution in [0.25, 0.3) is 0 Å². The van der Waals surface area contributed by atoms with Gasteiger partial charge >= 0.3 is 0 Å². The molecule has 0 fully saturated rings. The Morgan fingerprint density at radius 1 is 1.33 bits per heavy atom. The molecular formula is C14H16N2O2. The second kappa shape index (κ2) is 5.60. The molecule has 1 aromatic heterocycles. The number of nitrogens with zero attached hydrogens (tertiary/aromatic N) is 2. The molecule has 0 aliphatic rings. The van der Waals surface area contributed by atoms with Crippen LogP contribution in [0, 0.1) is 6.92 Å². The first-order chi connectivity index (χ1) is 8.72. The highest BCUT2D eigenvalue weighted by molar-refractivity contribution is 5.75. The lowest BCUT2D eigenvalue weighted by Crippen LogP contribution is -2.01. The van der Waals surface area contributed by atoms with Crippen LogP contribution >= 0.6 is 0 Å². The molecular weight excluding hydrogens is 228 g/mol. The molecule has 0 atom stereocenters. The highest BCUT2D eigenvalue weighted by Crippen LogP contribution is 2.09. The summed E-state index contributed by atoms with van der Waals surface area (Å²) in [5, 5.41) is 4.35. The highest BCUT2D eigenvalue weighted by Gasteiger charge is 2.08. The number of methoxy groups -OCH3 is 1. The quantitative estimate of drug-likeness (QED) is 0.757. The second-order valence-corrected chi connectivity index (χ2v) is 4.27. The largest absolute Gasteiger partial charge is 0.378 e. The van der Waals surface area contributed by atoms with E-state index >= 15 is 0 Å². The number of hydrogen-bond donors (Lipinski definition) is 0. The van der Waals surface area contributed by atoms with Crippen molar-refractivity contribution in [3.05, 3.63) is 52.8 Å². The zero-order chi connectivity index (χ0) is 13.0. The Morgan fingerprint density at radius 2 is 2.06 bits per heavy atom. The van der Waals surface area contributed by atoms with Crippen LogP contribution in [0.5, 0.6) is 0 Å². The number of carbonyl (C=O) groups is 1. The normalized spacial score (nSPS) is 10.6. The van der Waals surface area contributed by atoms with E-state index in [1.807, 2.05) is 0 Å². The van der Waals surface area contributed by atoms with E-state index in [-0.39, 0.29) is 0 Å². The monoisotopic (exact) mass is 244 g/mol. The maximum absolute atomic E-state index is 10.9. The van der Waals surface area contributed by atoms with Gasteiger partial charge in [-0.3, -0.25) is 9.48 Å². The molecule has 0 bridgehead atoms. The molecule has 0 radical (unpaired) electrons. The summed E-state index contributed by atoms with van der Waals surface area (Å²) in [5.74, 6) is 0. The van der Waals surface area contributed by atoms with Crippen molar-refractivity contribution in [3.8, 4) is 0 Å². The van der Waals surface area contributed by atoms with E-state index in [0.29, 0.717) is 24.4 Å². The molecule has 94 valence electrons. The van der Waals surface area contributed by atoms with Crippen molar-refractivity contribution in [3.63, 3.8) is 0 Å². The minimum Gasteiger partial charge on any atom is -0.378 e. The van der Waals surface area contributed by atoms with Gasteiger partial charge in [-0.25, -0.2) is 0 Å². The van der Waals surface area contributed by atoms with E-state index in [2.05, 4.69) is 36.3 Å². The fraction of sp³-hybridized carbons (Fsp3) is 0.286. The van der Waals surface area contributed by atoms with Crippen LogP contribution in [0.1, 0.15) is 27.2 Å². The minimum atomic E-state index is 0.356. The molecule has 0 saturated heterocycles. The zero-order valence-corrected chi connectivity index (χ0v) is 10.6. The molecule has 2 aromatic rings. The van der Waals surface area contributed by atoms with Crippen LogP contribution in [-0.4, -0.2) is 23.2 Å². The Labute approximate surface area is 106 Å². The lowest BCUT2D eigenvalue weighted by molar-refractivity contribution is 0.111. The molecule has 1 aromatic carbocycles. The summed E-state index contributed by atoms with van der Waals surface area (Å²) in [5.41, 5.74) is 3.65. The van der Waals surface area contributed by atoms with E-state index in [1.165, 1.54) is 5.56 Å². The first-order valence-corrected chi connectivity index (χ1v) is 5.79. The standard InChI is InChI=1S/C14H16N2O2/c1-11-3-5-12(6-4-11)7-16-8-13(9-17)14(15-16)10-18-2/h3-6,8-9H,7,10H2,1-2H3. The molecule has 4 nitrogen and oxygen atoms in total. The van der Waals surface area contributed by atoms with Crippen molar-refractivity contribution in [2.24, 2.45) is 0 Å². The molecule has 0 N–H and O–H groups in total. The van der Waals surface area contributed by atoms with Crippen LogP contribution in [0.3, 0.4) is 0 Å². The fourth-order valence-electron chi connectivity index (χ4n) is 1.79. The van der Waals surface area contributed by atoms with E-state index in [9.17, 15) is 4.79 Å². The Bertz CT molecular complexity index is 529. The molecule has 1 heterocycles. The van der Waals surface area contributed by atoms with Gasteiger partial charge < -0.3 is 4.74 Å². The first-order valence-electron chi connectivity index (χ1n) is 5.79. The van der Waals surface area contributed by atoms with Crippen molar-refractivity contribution >= 4 is 6.29 Å². The number of rotatable bonds is 5. The Balaban J connectivity index is 2.18. The van der Waals surface area contributed by atoms with Crippen LogP contribution in [0.4, 0.5) is 0 Å². The molecule has 0 aliphatic heterocycles. The maximum Gasteiger partial charge on any atom is 0.153 e. The third kappa shape index (κ3) is 2.84. The van der Waals surface area contributed by atoms with Crippen LogP contribution < -0.4 is 0 Å². The minimum absolute atomic E-state index is 0.356. The third-order valence-corrected chi connectivity index (χ3v) is 2.74. The molecule has 0 spiro atoms. The summed E-state index contributed by atoms with van der Waals surface area (Å²) in [6.45, 7) is 3.07. The zero-order valence-electron chi connectivity index (χ0n) is 10.6. The second-order valence-electron chi connectivity index (χ2n) is 4.27. The van der Waals surface area contributed by atoms with Crippen LogP contribution in [-0.2, 0) is 17.9 Å². The van der Waals surface area contributed by atoms with E-state index in [0.717, 1.165) is 11.8 Å². The number of hydrogen-bond acceptors (Lipinski definition) is 3. The molecule has 4 heteroatoms. The van der Waals surface area contributed by atoms with Gasteiger partial charge in [-0.1, -0.05) is 29.8 Å². The SMILES string of the molecule is COCc1nn(Cc2ccc(C)cc2)cc1C=O. The van der Waals surface area contributed by atoms with Gasteiger partial charge in [0.15, 0.2) is 6.29 Å². The summed E-state index contributed by atoms with van der Waals surface area (Å²) >= 11 is 0. The first kappa shape index (κ1) is 12.5. The van der Waals surface area contributed by atoms with Gasteiger partial charge in [0, 0.05) is 13.3 Å². The van der Waals surface area contributed by atoms with Gasteiger partial charge in [-0.2, -0.15) is 5.10 Å². The van der Waals surface area contributed by atoms with Crippen LogP contribution in [0.15, 0.2) is 30.5 Å². The Morgan fingerprint density at radius 3 is 2.67 bits per heavy atom. The summed E-state index contributed by atoms with van der Waals surface area (Å²) < 4.78 is 6.78. The number of aryl methyl sites for hydroxylation is 1. The van der Waals surface area contributed by atoms with Crippen LogP contribution in [0.2, 0.25) is 0 Å². The third-order valence-electron chi connectivity index (χ3n) is 2.74. The average molecular weight is 244 g/mol. The van der Waals surface area contributed by atoms with Gasteiger partial charge in [-0.15, -0.1) is 0 Å². The number of carbonyl (C=O) groups excluding carboxylic acids is 1. The van der Waals surface area contributed by atoms with Crippen molar-refractivity contribution in [1.82, 2.24) is 9.78 Å². The average Bonchev–Trinajstić information content (AvgIpc) is 2.75. The summed E-state index contributed by atoms with van der Waals surface area (Å²) in [6, 6.07) is 8.26. The smallest absolute Gasteiger partial charge is 0.153 e. The number of benzene rings is 1. The van der Waals surface area contributed by atoms with Gasteiger partial charge in [0.25, 0.3) is 0 Å². The van der Waals surface area contributed by atoms with E-state index < -0.39 is 0 Å². The lowest BCUT2D eigenvalue weighted by atomic mass is 10.1. The van der Waals surface area contributed by atoms with Gasteiger partial charge in [-0.05, 0) is 12.5 Å². The predicted molar refractivity (Wildman–Crippen MR) is 68.6 cm³/mol. The highest BCUT2D eigenvalue weighted by atomic mass is 16.5. The Kier molecular flexibility index (Phi) is 3.89. The Hall–Kier alpha value is -1.94. The van der Waals surface area contributed by atoms with Crippen molar-refractivity contribution in [2.75, 3.05) is 7.11 Å². The van der Waals surface area contributed by atoms with Crippen molar-refractivity contribution in [1.29, 1.82) is 0 Å². The summed E-state index contributed by atoms with van der Waals surface area (Å²) in [4.78, 5) is 10.9. The van der Waals surface area contributed by atoms with E-state index in [4.69, 9.17) is 4.74 Å². The van der Waals surface area contributed by atoms with Gasteiger partial charge in [0.1, 0.15) is 0 Å². The lowest BCUT2D eigenvalue weighted by Gasteiger charge is -2.02. The van der Waals surface area contributed by atoms with E-state index in [1.54, 1.807) is 18.0 Å². The topological polar surface area (TPSA) is 44.1 Å². The molecule has 2 rings (SSSR count). The molecule has 0 amide bonds. The predicted octanol–water partition coefficient (Wildman–Crippen LogP) is 2.20. The molecule has 0 aliphatic carbocycles. The van der Waals surface area contributed by atoms with Crippen molar-refractivity contribution < 1.29 is 9.53 Å². The maximum atomic E-state index is 10.9. The fourth-order valence-corrected chi connectivity index (χ4v) is 1.79. The molecule has 0 saturated carbocycles.